The molecule has 4 fully saturated rings. The van der Waals surface area contributed by atoms with E-state index in [0.717, 1.165) is 17.8 Å². The first-order chi connectivity index (χ1) is 6.65. The van der Waals surface area contributed by atoms with E-state index in [1.165, 1.54) is 38.5 Å². The van der Waals surface area contributed by atoms with Crippen LogP contribution in [0.25, 0.3) is 0 Å². The van der Waals surface area contributed by atoms with E-state index in [1.807, 2.05) is 0 Å². The van der Waals surface area contributed by atoms with Crippen molar-refractivity contribution in [1.29, 1.82) is 0 Å². The van der Waals surface area contributed by atoms with Crippen LogP contribution >= 0.6 is 0 Å². The molecule has 0 saturated heterocycles. The molecule has 79 valence electrons. The Bertz CT molecular complexity index is 240. The van der Waals surface area contributed by atoms with Crippen molar-refractivity contribution in [2.45, 2.75) is 44.9 Å². The van der Waals surface area contributed by atoms with Crippen LogP contribution in [-0.4, -0.2) is 35.5 Å². The summed E-state index contributed by atoms with van der Waals surface area (Å²) in [5, 5.41) is 10.8. The van der Waals surface area contributed by atoms with Crippen LogP contribution in [0.4, 0.5) is 0 Å². The molecule has 0 N–H and O–H groups in total. The molecule has 3 heteroatoms. The van der Waals surface area contributed by atoms with E-state index >= 15 is 0 Å². The predicted molar refractivity (Wildman–Crippen MR) is 56.0 cm³/mol. The van der Waals surface area contributed by atoms with Crippen LogP contribution in [0.2, 0.25) is 0 Å². The van der Waals surface area contributed by atoms with Crippen molar-refractivity contribution in [3.8, 4) is 0 Å². The summed E-state index contributed by atoms with van der Waals surface area (Å²) >= 11 is 0. The molecule has 2 nitrogen and oxygen atoms in total. The van der Waals surface area contributed by atoms with Gasteiger partial charge >= 0.3 is 0 Å². The SMILES string of the molecule is O=C([O-])CC12CC3CC(CC(C3)C1)C2.[Na]. The minimum Gasteiger partial charge on any atom is -0.550 e. The molecule has 4 rings (SSSR count). The van der Waals surface area contributed by atoms with Crippen LogP contribution in [0.1, 0.15) is 44.9 Å². The first-order valence-corrected chi connectivity index (χ1v) is 5.85. The van der Waals surface area contributed by atoms with Gasteiger partial charge in [0.25, 0.3) is 0 Å². The van der Waals surface area contributed by atoms with E-state index in [-0.39, 0.29) is 35.0 Å². The van der Waals surface area contributed by atoms with Gasteiger partial charge in [-0.3, -0.25) is 0 Å². The Hall–Kier alpha value is 0.470. The van der Waals surface area contributed by atoms with E-state index in [1.54, 1.807) is 0 Å². The molecule has 0 aliphatic heterocycles. The average Bonchev–Trinajstić information content (AvgIpc) is 1.96. The molecular formula is C12H17NaO2-. The maximum atomic E-state index is 10.8. The fraction of sp³-hybridized carbons (Fsp3) is 0.917. The second-order valence-electron chi connectivity index (χ2n) is 5.97. The van der Waals surface area contributed by atoms with Gasteiger partial charge in [-0.05, 0) is 68.1 Å². The molecule has 0 amide bonds. The maximum absolute atomic E-state index is 10.8. The molecule has 4 aliphatic carbocycles. The fourth-order valence-corrected chi connectivity index (χ4v) is 4.81. The largest absolute Gasteiger partial charge is 0.550 e. The second-order valence-corrected chi connectivity index (χ2v) is 5.97. The molecule has 0 aromatic carbocycles. The number of rotatable bonds is 2. The third kappa shape index (κ3) is 2.13. The Labute approximate surface area is 113 Å². The standard InChI is InChI=1S/C12H18O2.Na/c13-11(14)7-12-4-8-1-9(5-12)3-10(2-8)6-12;/h8-10H,1-7H2,(H,13,14);/p-1. The molecular weight excluding hydrogens is 199 g/mol. The van der Waals surface area contributed by atoms with Gasteiger partial charge in [0.15, 0.2) is 0 Å². The average molecular weight is 216 g/mol. The minimum absolute atomic E-state index is 0. The minimum atomic E-state index is -0.827. The van der Waals surface area contributed by atoms with Crippen LogP contribution in [0, 0.1) is 23.2 Å². The van der Waals surface area contributed by atoms with Crippen molar-refractivity contribution in [1.82, 2.24) is 0 Å². The quantitative estimate of drug-likeness (QED) is 0.645. The topological polar surface area (TPSA) is 40.1 Å². The summed E-state index contributed by atoms with van der Waals surface area (Å²) in [5.74, 6) is 1.72. The van der Waals surface area contributed by atoms with E-state index in [4.69, 9.17) is 0 Å². The molecule has 4 saturated carbocycles. The maximum Gasteiger partial charge on any atom is 0.0419 e. The number of carbonyl (C=O) groups is 1. The van der Waals surface area contributed by atoms with Gasteiger partial charge in [0.1, 0.15) is 0 Å². The molecule has 15 heavy (non-hydrogen) atoms. The smallest absolute Gasteiger partial charge is 0.0419 e. The van der Waals surface area contributed by atoms with Gasteiger partial charge in [-0.15, -0.1) is 0 Å². The monoisotopic (exact) mass is 216 g/mol. The van der Waals surface area contributed by atoms with Crippen LogP contribution in [0.3, 0.4) is 0 Å². The number of aliphatic carboxylic acids is 1. The Kier molecular flexibility index (Phi) is 3.22. The van der Waals surface area contributed by atoms with Crippen LogP contribution in [-0.2, 0) is 4.79 Å². The summed E-state index contributed by atoms with van der Waals surface area (Å²) in [4.78, 5) is 10.8. The van der Waals surface area contributed by atoms with Crippen molar-refractivity contribution in [2.75, 3.05) is 0 Å². The zero-order valence-corrected chi connectivity index (χ0v) is 11.5. The molecule has 0 aromatic rings. The summed E-state index contributed by atoms with van der Waals surface area (Å²) in [6.07, 6.45) is 7.99. The van der Waals surface area contributed by atoms with Gasteiger partial charge in [-0.25, -0.2) is 0 Å². The predicted octanol–water partition coefficient (Wildman–Crippen LogP) is 0.962. The molecule has 0 heterocycles. The van der Waals surface area contributed by atoms with E-state index in [2.05, 4.69) is 0 Å². The molecule has 4 aliphatic rings. The Morgan fingerprint density at radius 1 is 1.07 bits per heavy atom. The van der Waals surface area contributed by atoms with Crippen molar-refractivity contribution in [2.24, 2.45) is 23.2 Å². The van der Waals surface area contributed by atoms with Gasteiger partial charge in [0, 0.05) is 35.5 Å². The van der Waals surface area contributed by atoms with Crippen molar-refractivity contribution < 1.29 is 9.90 Å². The molecule has 0 unspecified atom stereocenters. The van der Waals surface area contributed by atoms with Crippen LogP contribution in [0.5, 0.6) is 0 Å². The summed E-state index contributed by atoms with van der Waals surface area (Å²) in [6.45, 7) is 0. The molecule has 0 aromatic heterocycles. The van der Waals surface area contributed by atoms with Crippen LogP contribution < -0.4 is 5.11 Å². The molecule has 0 atom stereocenters. The first kappa shape index (κ1) is 11.9. The third-order valence-corrected chi connectivity index (χ3v) is 4.68. The zero-order chi connectivity index (χ0) is 9.76. The van der Waals surface area contributed by atoms with Gasteiger partial charge in [-0.1, -0.05) is 0 Å². The summed E-state index contributed by atoms with van der Waals surface area (Å²) in [5.41, 5.74) is 0.160. The third-order valence-electron chi connectivity index (χ3n) is 4.68. The Morgan fingerprint density at radius 3 is 1.80 bits per heavy atom. The van der Waals surface area contributed by atoms with Crippen molar-refractivity contribution in [3.63, 3.8) is 0 Å². The van der Waals surface area contributed by atoms with Crippen molar-refractivity contribution >= 4 is 35.5 Å². The Balaban J connectivity index is 0.000000853. The van der Waals surface area contributed by atoms with Gasteiger partial charge in [0.05, 0.1) is 0 Å². The van der Waals surface area contributed by atoms with Crippen LogP contribution in [0.15, 0.2) is 0 Å². The summed E-state index contributed by atoms with van der Waals surface area (Å²) in [7, 11) is 0. The molecule has 1 radical (unpaired) electrons. The molecule has 0 spiro atoms. The van der Waals surface area contributed by atoms with Gasteiger partial charge < -0.3 is 9.90 Å². The first-order valence-electron chi connectivity index (χ1n) is 5.85. The zero-order valence-electron chi connectivity index (χ0n) is 9.50. The Morgan fingerprint density at radius 2 is 1.47 bits per heavy atom. The van der Waals surface area contributed by atoms with Gasteiger partial charge in [-0.2, -0.15) is 0 Å². The normalized spacial score (nSPS) is 46.3. The van der Waals surface area contributed by atoms with E-state index < -0.39 is 5.97 Å². The number of carboxylic acid groups (broad SMARTS) is 1. The summed E-state index contributed by atoms with van der Waals surface area (Å²) < 4.78 is 0. The van der Waals surface area contributed by atoms with Gasteiger partial charge in [0.2, 0.25) is 0 Å². The van der Waals surface area contributed by atoms with Crippen molar-refractivity contribution in [3.05, 3.63) is 0 Å². The number of hydrogen-bond donors (Lipinski definition) is 0. The van der Waals surface area contributed by atoms with E-state index in [0.29, 0.717) is 6.42 Å². The fourth-order valence-electron chi connectivity index (χ4n) is 4.81. The summed E-state index contributed by atoms with van der Waals surface area (Å²) in [6, 6.07) is 0. The second kappa shape index (κ2) is 4.05. The molecule has 4 bridgehead atoms. The number of carbonyl (C=O) groups excluding carboxylic acids is 1. The van der Waals surface area contributed by atoms with E-state index in [9.17, 15) is 9.90 Å². The number of hydrogen-bond acceptors (Lipinski definition) is 2. The number of carboxylic acids is 1.